The second-order valence-corrected chi connectivity index (χ2v) is 9.15. The minimum atomic E-state index is -3.83. The molecular formula is C20H23N3O6S. The third kappa shape index (κ3) is 4.60. The van der Waals surface area contributed by atoms with E-state index < -0.39 is 26.6 Å². The van der Waals surface area contributed by atoms with Gasteiger partial charge in [-0.3, -0.25) is 10.1 Å². The molecule has 0 amide bonds. The van der Waals surface area contributed by atoms with Crippen molar-refractivity contribution in [2.75, 3.05) is 18.4 Å². The Morgan fingerprint density at radius 3 is 2.33 bits per heavy atom. The summed E-state index contributed by atoms with van der Waals surface area (Å²) in [6, 6.07) is 8.15. The molecule has 2 aromatic rings. The highest BCUT2D eigenvalue weighted by Gasteiger charge is 2.28. The van der Waals surface area contributed by atoms with Crippen LogP contribution in [-0.2, 0) is 10.0 Å². The van der Waals surface area contributed by atoms with Gasteiger partial charge in [-0.2, -0.15) is 4.31 Å². The summed E-state index contributed by atoms with van der Waals surface area (Å²) in [4.78, 5) is 22.1. The predicted molar refractivity (Wildman–Crippen MR) is 112 cm³/mol. The van der Waals surface area contributed by atoms with E-state index in [1.165, 1.54) is 28.6 Å². The fourth-order valence-corrected chi connectivity index (χ4v) is 4.93. The smallest absolute Gasteiger partial charge is 0.335 e. The van der Waals surface area contributed by atoms with E-state index in [-0.39, 0.29) is 16.1 Å². The molecule has 1 aliphatic heterocycles. The number of anilines is 2. The number of carboxylic acid groups (broad SMARTS) is 1. The van der Waals surface area contributed by atoms with Crippen molar-refractivity contribution in [2.24, 2.45) is 0 Å². The van der Waals surface area contributed by atoms with Crippen molar-refractivity contribution in [2.45, 2.75) is 37.5 Å². The summed E-state index contributed by atoms with van der Waals surface area (Å²) in [7, 11) is -3.83. The second kappa shape index (κ2) is 8.80. The quantitative estimate of drug-likeness (QED) is 0.522. The van der Waals surface area contributed by atoms with Crippen LogP contribution in [-0.4, -0.2) is 41.8 Å². The van der Waals surface area contributed by atoms with E-state index in [0.717, 1.165) is 31.7 Å². The highest BCUT2D eigenvalue weighted by atomic mass is 32.2. The molecule has 0 spiro atoms. The van der Waals surface area contributed by atoms with Gasteiger partial charge >= 0.3 is 5.97 Å². The van der Waals surface area contributed by atoms with Crippen LogP contribution in [0, 0.1) is 17.0 Å². The van der Waals surface area contributed by atoms with Gasteiger partial charge in [-0.05, 0) is 49.6 Å². The van der Waals surface area contributed by atoms with Gasteiger partial charge in [0.05, 0.1) is 15.4 Å². The van der Waals surface area contributed by atoms with Crippen molar-refractivity contribution < 1.29 is 23.2 Å². The summed E-state index contributed by atoms with van der Waals surface area (Å²) < 4.78 is 27.3. The first kappa shape index (κ1) is 21.7. The first-order valence-electron chi connectivity index (χ1n) is 9.60. The molecule has 0 radical (unpaired) electrons. The zero-order valence-corrected chi connectivity index (χ0v) is 17.3. The van der Waals surface area contributed by atoms with Crippen molar-refractivity contribution >= 4 is 33.1 Å². The van der Waals surface area contributed by atoms with Crippen molar-refractivity contribution in [3.63, 3.8) is 0 Å². The number of nitro benzene ring substituents is 1. The monoisotopic (exact) mass is 433 g/mol. The maximum Gasteiger partial charge on any atom is 0.335 e. The molecule has 30 heavy (non-hydrogen) atoms. The van der Waals surface area contributed by atoms with Crippen LogP contribution in [0.3, 0.4) is 0 Å². The van der Waals surface area contributed by atoms with Crippen molar-refractivity contribution in [1.29, 1.82) is 0 Å². The minimum absolute atomic E-state index is 0.0334. The van der Waals surface area contributed by atoms with Crippen LogP contribution >= 0.6 is 0 Å². The van der Waals surface area contributed by atoms with Crippen LogP contribution in [0.5, 0.6) is 0 Å². The summed E-state index contributed by atoms with van der Waals surface area (Å²) >= 11 is 0. The molecule has 1 saturated heterocycles. The van der Waals surface area contributed by atoms with Gasteiger partial charge in [-0.25, -0.2) is 13.2 Å². The Morgan fingerprint density at radius 2 is 1.73 bits per heavy atom. The molecule has 0 atom stereocenters. The van der Waals surface area contributed by atoms with Crippen molar-refractivity contribution in [3.8, 4) is 0 Å². The van der Waals surface area contributed by atoms with Crippen LogP contribution in [0.2, 0.25) is 0 Å². The van der Waals surface area contributed by atoms with E-state index in [1.54, 1.807) is 13.0 Å². The Labute approximate surface area is 174 Å². The predicted octanol–water partition coefficient (Wildman–Crippen LogP) is 3.91. The number of aryl methyl sites for hydroxylation is 1. The number of benzene rings is 2. The summed E-state index contributed by atoms with van der Waals surface area (Å²) in [5, 5.41) is 23.7. The molecule has 3 rings (SSSR count). The van der Waals surface area contributed by atoms with E-state index in [2.05, 4.69) is 5.32 Å². The highest BCUT2D eigenvalue weighted by molar-refractivity contribution is 7.89. The normalized spacial score (nSPS) is 15.4. The maximum absolute atomic E-state index is 13.0. The molecule has 1 heterocycles. The molecular weight excluding hydrogens is 410 g/mol. The van der Waals surface area contributed by atoms with E-state index in [9.17, 15) is 28.4 Å². The molecule has 1 fully saturated rings. The summed E-state index contributed by atoms with van der Waals surface area (Å²) in [5.74, 6) is -1.12. The van der Waals surface area contributed by atoms with Gasteiger partial charge < -0.3 is 10.4 Å². The molecule has 0 saturated carbocycles. The first-order valence-corrected chi connectivity index (χ1v) is 11.0. The van der Waals surface area contributed by atoms with Crippen molar-refractivity contribution in [1.82, 2.24) is 4.31 Å². The van der Waals surface area contributed by atoms with E-state index in [0.29, 0.717) is 24.3 Å². The number of sulfonamides is 1. The minimum Gasteiger partial charge on any atom is -0.478 e. The lowest BCUT2D eigenvalue weighted by molar-refractivity contribution is -0.384. The van der Waals surface area contributed by atoms with Gasteiger partial charge in [-0.15, -0.1) is 0 Å². The average molecular weight is 433 g/mol. The molecule has 0 unspecified atom stereocenters. The lowest BCUT2D eigenvalue weighted by Gasteiger charge is -2.20. The second-order valence-electron chi connectivity index (χ2n) is 7.21. The molecule has 0 aliphatic carbocycles. The lowest BCUT2D eigenvalue weighted by Crippen LogP contribution is -2.32. The fourth-order valence-electron chi connectivity index (χ4n) is 3.39. The van der Waals surface area contributed by atoms with Crippen LogP contribution in [0.25, 0.3) is 0 Å². The van der Waals surface area contributed by atoms with E-state index in [4.69, 9.17) is 0 Å². The van der Waals surface area contributed by atoms with Gasteiger partial charge in [0, 0.05) is 24.8 Å². The standard InChI is InChI=1S/C20H23N3O6S/c1-14-6-7-15(20(24)25)12-18(14)21-17-9-8-16(13-19(17)23(26)27)30(28,29)22-10-4-2-3-5-11-22/h6-9,12-13,21H,2-5,10-11H2,1H3,(H,24,25). The van der Waals surface area contributed by atoms with Crippen molar-refractivity contribution in [3.05, 3.63) is 57.6 Å². The largest absolute Gasteiger partial charge is 0.478 e. The van der Waals surface area contributed by atoms with Gasteiger partial charge in [0.1, 0.15) is 5.69 Å². The topological polar surface area (TPSA) is 130 Å². The number of carboxylic acids is 1. The number of nitro groups is 1. The molecule has 9 nitrogen and oxygen atoms in total. The highest BCUT2D eigenvalue weighted by Crippen LogP contribution is 2.33. The number of aromatic carboxylic acids is 1. The third-order valence-corrected chi connectivity index (χ3v) is 7.02. The number of nitrogens with zero attached hydrogens (tertiary/aromatic N) is 2. The van der Waals surface area contributed by atoms with Crippen LogP contribution in [0.4, 0.5) is 17.1 Å². The Balaban J connectivity index is 1.98. The molecule has 2 aromatic carbocycles. The molecule has 1 aliphatic rings. The van der Waals surface area contributed by atoms with Gasteiger partial charge in [-0.1, -0.05) is 18.9 Å². The SMILES string of the molecule is Cc1ccc(C(=O)O)cc1Nc1ccc(S(=O)(=O)N2CCCCCC2)cc1[N+](=O)[O-]. The van der Waals surface area contributed by atoms with Crippen LogP contribution in [0.1, 0.15) is 41.6 Å². The summed E-state index contributed by atoms with van der Waals surface area (Å²) in [5.41, 5.74) is 0.800. The fraction of sp³-hybridized carbons (Fsp3) is 0.350. The number of hydrogen-bond donors (Lipinski definition) is 2. The Hall–Kier alpha value is -2.98. The molecule has 160 valence electrons. The average Bonchev–Trinajstić information content (AvgIpc) is 2.99. The van der Waals surface area contributed by atoms with Gasteiger partial charge in [0.2, 0.25) is 10.0 Å². The third-order valence-electron chi connectivity index (χ3n) is 5.12. The zero-order valence-electron chi connectivity index (χ0n) is 16.5. The Morgan fingerprint density at radius 1 is 1.07 bits per heavy atom. The Bertz CT molecular complexity index is 1080. The number of nitrogens with one attached hydrogen (secondary N) is 1. The van der Waals surface area contributed by atoms with Crippen LogP contribution < -0.4 is 5.32 Å². The molecule has 0 aromatic heterocycles. The first-order chi connectivity index (χ1) is 14.2. The van der Waals surface area contributed by atoms with Gasteiger partial charge in [0.25, 0.3) is 5.69 Å². The number of carbonyl (C=O) groups is 1. The number of hydrogen-bond acceptors (Lipinski definition) is 6. The number of rotatable bonds is 6. The van der Waals surface area contributed by atoms with Gasteiger partial charge in [0.15, 0.2) is 0 Å². The summed E-state index contributed by atoms with van der Waals surface area (Å²) in [6.07, 6.45) is 3.45. The maximum atomic E-state index is 13.0. The molecule has 0 bridgehead atoms. The van der Waals surface area contributed by atoms with Crippen LogP contribution in [0.15, 0.2) is 41.3 Å². The molecule has 2 N–H and O–H groups in total. The summed E-state index contributed by atoms with van der Waals surface area (Å²) in [6.45, 7) is 2.53. The Kier molecular flexibility index (Phi) is 6.37. The van der Waals surface area contributed by atoms with E-state index in [1.807, 2.05) is 0 Å². The molecule has 10 heteroatoms. The zero-order chi connectivity index (χ0) is 21.9. The lowest BCUT2D eigenvalue weighted by atomic mass is 10.1. The van der Waals surface area contributed by atoms with E-state index >= 15 is 0 Å².